The van der Waals surface area contributed by atoms with Crippen LogP contribution in [-0.2, 0) is 11.0 Å². The minimum atomic E-state index is -4.49. The number of hydrogen-bond donors (Lipinski definition) is 2. The summed E-state index contributed by atoms with van der Waals surface area (Å²) in [5, 5.41) is 9.84. The van der Waals surface area contributed by atoms with E-state index in [2.05, 4.69) is 4.98 Å². The molecule has 10 heteroatoms. The van der Waals surface area contributed by atoms with E-state index in [1.165, 1.54) is 11.0 Å². The third-order valence-electron chi connectivity index (χ3n) is 8.24. The van der Waals surface area contributed by atoms with Crippen LogP contribution in [0.2, 0.25) is 0 Å². The van der Waals surface area contributed by atoms with Crippen molar-refractivity contribution in [1.82, 2.24) is 9.88 Å². The number of hydrogen-bond acceptors (Lipinski definition) is 4. The smallest absolute Gasteiger partial charge is 0.417 e. The van der Waals surface area contributed by atoms with Gasteiger partial charge in [-0.2, -0.15) is 13.2 Å². The van der Waals surface area contributed by atoms with E-state index < -0.39 is 35.4 Å². The standard InChI is InChI=1S/C22H26F3N3O4/c23-22(24,25)14-1-2-16(27-10-14)32-15-3-4-28(20(30)31)18(15)17-12-5-11-6-13(17)9-21(7-11,8-12)19(26)29/h1-2,10-13,15,17-18H,3-9H2,(H2,26,29)(H,30,31)/t11?,12-,13?,15-,17?,18?,21-/m0/s1. The number of alkyl halides is 3. The number of primary amides is 1. The molecule has 4 bridgehead atoms. The zero-order chi connectivity index (χ0) is 22.8. The van der Waals surface area contributed by atoms with Gasteiger partial charge in [0.25, 0.3) is 0 Å². The molecule has 1 saturated heterocycles. The van der Waals surface area contributed by atoms with Crippen LogP contribution in [0.4, 0.5) is 18.0 Å². The highest BCUT2D eigenvalue weighted by Gasteiger charge is 2.61. The van der Waals surface area contributed by atoms with E-state index >= 15 is 0 Å². The highest BCUT2D eigenvalue weighted by molar-refractivity contribution is 5.81. The maximum absolute atomic E-state index is 12.8. The van der Waals surface area contributed by atoms with Gasteiger partial charge in [0.05, 0.1) is 11.6 Å². The number of pyridine rings is 1. The monoisotopic (exact) mass is 453 g/mol. The van der Waals surface area contributed by atoms with Crippen LogP contribution < -0.4 is 10.5 Å². The third kappa shape index (κ3) is 3.38. The van der Waals surface area contributed by atoms with Crippen LogP contribution in [0.5, 0.6) is 5.88 Å². The van der Waals surface area contributed by atoms with Gasteiger partial charge in [0.1, 0.15) is 6.10 Å². The number of amides is 2. The molecule has 4 unspecified atom stereocenters. The largest absolute Gasteiger partial charge is 0.472 e. The van der Waals surface area contributed by atoms with Crippen molar-refractivity contribution >= 4 is 12.0 Å². The molecule has 7 nitrogen and oxygen atoms in total. The molecule has 0 spiro atoms. The molecule has 4 aliphatic carbocycles. The number of rotatable bonds is 4. The third-order valence-corrected chi connectivity index (χ3v) is 8.24. The van der Waals surface area contributed by atoms with E-state index in [1.807, 2.05) is 0 Å². The summed E-state index contributed by atoms with van der Waals surface area (Å²) in [7, 11) is 0. The Morgan fingerprint density at radius 1 is 1.19 bits per heavy atom. The topological polar surface area (TPSA) is 106 Å². The molecule has 6 rings (SSSR count). The molecule has 5 aliphatic rings. The van der Waals surface area contributed by atoms with Crippen molar-refractivity contribution in [3.05, 3.63) is 23.9 Å². The summed E-state index contributed by atoms with van der Waals surface area (Å²) in [6.07, 6.45) is -0.764. The number of carbonyl (C=O) groups is 2. The van der Waals surface area contributed by atoms with Crippen LogP contribution in [0.3, 0.4) is 0 Å². The number of likely N-dealkylation sites (tertiary alicyclic amines) is 1. The van der Waals surface area contributed by atoms with Gasteiger partial charge in [-0.25, -0.2) is 9.78 Å². The fraction of sp³-hybridized carbons (Fsp3) is 0.682. The lowest BCUT2D eigenvalue weighted by Crippen LogP contribution is -2.61. The molecule has 1 aromatic rings. The summed E-state index contributed by atoms with van der Waals surface area (Å²) >= 11 is 0. The molecule has 1 aliphatic heterocycles. The molecule has 2 heterocycles. The van der Waals surface area contributed by atoms with Crippen LogP contribution in [0.25, 0.3) is 0 Å². The van der Waals surface area contributed by atoms with Gasteiger partial charge in [0.2, 0.25) is 11.8 Å². The Bertz CT molecular complexity index is 906. The maximum atomic E-state index is 12.8. The molecule has 3 N–H and O–H groups in total. The zero-order valence-electron chi connectivity index (χ0n) is 17.4. The quantitative estimate of drug-likeness (QED) is 0.726. The summed E-state index contributed by atoms with van der Waals surface area (Å²) in [5.74, 6) is 0.649. The van der Waals surface area contributed by atoms with Crippen molar-refractivity contribution in [3.63, 3.8) is 0 Å². The summed E-state index contributed by atoms with van der Waals surface area (Å²) in [4.78, 5) is 29.5. The van der Waals surface area contributed by atoms with E-state index in [9.17, 15) is 27.9 Å². The Labute approximate surface area is 183 Å². The summed E-state index contributed by atoms with van der Waals surface area (Å²) in [5.41, 5.74) is 4.44. The molecular formula is C22H26F3N3O4. The molecule has 4 saturated carbocycles. The second-order valence-electron chi connectivity index (χ2n) is 9.99. The lowest BCUT2D eigenvalue weighted by molar-refractivity contribution is -0.156. The van der Waals surface area contributed by atoms with E-state index in [0.717, 1.165) is 31.5 Å². The highest BCUT2D eigenvalue weighted by atomic mass is 19.4. The second-order valence-corrected chi connectivity index (χ2v) is 9.99. The molecule has 1 aromatic heterocycles. The predicted molar refractivity (Wildman–Crippen MR) is 105 cm³/mol. The summed E-state index contributed by atoms with van der Waals surface area (Å²) in [6.45, 7) is 0.297. The van der Waals surface area contributed by atoms with Crippen molar-refractivity contribution < 1.29 is 32.6 Å². The van der Waals surface area contributed by atoms with Crippen molar-refractivity contribution in [1.29, 1.82) is 0 Å². The van der Waals surface area contributed by atoms with E-state index in [1.54, 1.807) is 0 Å². The lowest BCUT2D eigenvalue weighted by Gasteiger charge is -2.60. The van der Waals surface area contributed by atoms with Crippen LogP contribution >= 0.6 is 0 Å². The van der Waals surface area contributed by atoms with Crippen molar-refractivity contribution in [2.24, 2.45) is 34.8 Å². The number of aromatic nitrogens is 1. The minimum Gasteiger partial charge on any atom is -0.472 e. The first-order chi connectivity index (χ1) is 15.1. The Hall–Kier alpha value is -2.52. The Morgan fingerprint density at radius 3 is 2.41 bits per heavy atom. The first-order valence-corrected chi connectivity index (χ1v) is 11.1. The van der Waals surface area contributed by atoms with Gasteiger partial charge < -0.3 is 20.5 Å². The summed E-state index contributed by atoms with van der Waals surface area (Å²) < 4.78 is 44.5. The van der Waals surface area contributed by atoms with Gasteiger partial charge in [-0.15, -0.1) is 0 Å². The van der Waals surface area contributed by atoms with Crippen molar-refractivity contribution in [2.75, 3.05) is 6.54 Å². The Morgan fingerprint density at radius 2 is 1.88 bits per heavy atom. The molecule has 5 fully saturated rings. The van der Waals surface area contributed by atoms with Crippen LogP contribution in [-0.4, -0.2) is 45.7 Å². The molecule has 174 valence electrons. The number of ether oxygens (including phenoxy) is 1. The van der Waals surface area contributed by atoms with Crippen LogP contribution in [0, 0.1) is 29.1 Å². The van der Waals surface area contributed by atoms with Gasteiger partial charge >= 0.3 is 12.3 Å². The van der Waals surface area contributed by atoms with E-state index in [0.29, 0.717) is 31.7 Å². The molecule has 2 amide bonds. The van der Waals surface area contributed by atoms with Gasteiger partial charge in [-0.05, 0) is 61.8 Å². The second kappa shape index (κ2) is 7.25. The van der Waals surface area contributed by atoms with Gasteiger partial charge in [-0.1, -0.05) is 0 Å². The van der Waals surface area contributed by atoms with E-state index in [-0.39, 0.29) is 29.5 Å². The number of halogens is 3. The summed E-state index contributed by atoms with van der Waals surface area (Å²) in [6, 6.07) is 1.68. The Balaban J connectivity index is 1.40. The minimum absolute atomic E-state index is 0.0390. The maximum Gasteiger partial charge on any atom is 0.417 e. The molecule has 7 atom stereocenters. The molecule has 0 radical (unpaired) electrons. The molecular weight excluding hydrogens is 427 g/mol. The van der Waals surface area contributed by atoms with Crippen LogP contribution in [0.1, 0.15) is 44.1 Å². The fourth-order valence-corrected chi connectivity index (χ4v) is 7.29. The van der Waals surface area contributed by atoms with Gasteiger partial charge in [-0.3, -0.25) is 4.79 Å². The Kier molecular flexibility index (Phi) is 4.83. The SMILES string of the molecule is NC(=O)[C@]12CC3CC(C1)C(C1[C@@H](Oc4ccc(C(F)(F)F)cn4)CCN1C(=O)O)[C@@H](C3)C2. The number of carbonyl (C=O) groups excluding carboxylic acids is 1. The fourth-order valence-electron chi connectivity index (χ4n) is 7.29. The van der Waals surface area contributed by atoms with E-state index in [4.69, 9.17) is 10.5 Å². The van der Waals surface area contributed by atoms with Gasteiger partial charge in [0.15, 0.2) is 0 Å². The highest BCUT2D eigenvalue weighted by Crippen LogP contribution is 2.63. The average molecular weight is 453 g/mol. The van der Waals surface area contributed by atoms with Crippen LogP contribution in [0.15, 0.2) is 18.3 Å². The first-order valence-electron chi connectivity index (χ1n) is 11.1. The predicted octanol–water partition coefficient (Wildman–Crippen LogP) is 3.53. The lowest BCUT2D eigenvalue weighted by atomic mass is 9.44. The van der Waals surface area contributed by atoms with Crippen molar-refractivity contribution in [3.8, 4) is 5.88 Å². The van der Waals surface area contributed by atoms with Crippen molar-refractivity contribution in [2.45, 2.75) is 56.8 Å². The number of nitrogens with two attached hydrogens (primary N) is 1. The van der Waals surface area contributed by atoms with Gasteiger partial charge in [0, 0.05) is 30.6 Å². The zero-order valence-corrected chi connectivity index (χ0v) is 17.4. The first kappa shape index (κ1) is 21.3. The number of carboxylic acid groups (broad SMARTS) is 1. The normalized spacial score (nSPS) is 38.2. The molecule has 0 aromatic carbocycles. The number of nitrogens with zero attached hydrogens (tertiary/aromatic N) is 2. The molecule has 32 heavy (non-hydrogen) atoms. The average Bonchev–Trinajstić information content (AvgIpc) is 3.10.